The molecule has 1 aromatic heterocycles. The highest BCUT2D eigenvalue weighted by Crippen LogP contribution is 2.32. The zero-order valence-electron chi connectivity index (χ0n) is 21.4. The Kier molecular flexibility index (Phi) is 7.39. The lowest BCUT2D eigenvalue weighted by atomic mass is 9.90. The zero-order chi connectivity index (χ0) is 27.6. The number of benzene rings is 2. The lowest BCUT2D eigenvalue weighted by Crippen LogP contribution is -2.38. The van der Waals surface area contributed by atoms with Crippen molar-refractivity contribution in [2.24, 2.45) is 5.92 Å². The van der Waals surface area contributed by atoms with Gasteiger partial charge in [-0.15, -0.1) is 13.2 Å². The molecule has 2 aliphatic rings. The van der Waals surface area contributed by atoms with Crippen LogP contribution in [-0.2, 0) is 19.5 Å². The summed E-state index contributed by atoms with van der Waals surface area (Å²) in [7, 11) is 0. The third-order valence-corrected chi connectivity index (χ3v) is 7.02. The molecule has 0 N–H and O–H groups in total. The van der Waals surface area contributed by atoms with Crippen LogP contribution in [0.15, 0.2) is 54.7 Å². The molecular formula is C27H29F3N4O5. The summed E-state index contributed by atoms with van der Waals surface area (Å²) in [5, 5.41) is 10.9. The molecule has 2 aromatic carbocycles. The summed E-state index contributed by atoms with van der Waals surface area (Å²) in [6.45, 7) is 5.31. The van der Waals surface area contributed by atoms with Crippen LogP contribution in [0.2, 0.25) is 0 Å². The fraction of sp³-hybridized carbons (Fsp3) is 0.444. The van der Waals surface area contributed by atoms with Crippen molar-refractivity contribution in [3.63, 3.8) is 0 Å². The first-order valence-corrected chi connectivity index (χ1v) is 12.7. The molecule has 3 aromatic rings. The number of hydrogen-bond donors (Lipinski definition) is 0. The number of nitro groups is 1. The second-order valence-electron chi connectivity index (χ2n) is 10.4. The number of ether oxygens (including phenoxy) is 3. The molecule has 9 nitrogen and oxygen atoms in total. The van der Waals surface area contributed by atoms with Gasteiger partial charge in [-0.25, -0.2) is 0 Å². The van der Waals surface area contributed by atoms with Crippen LogP contribution in [-0.4, -0.2) is 51.0 Å². The fourth-order valence-corrected chi connectivity index (χ4v) is 5.05. The van der Waals surface area contributed by atoms with Gasteiger partial charge in [-0.05, 0) is 85.5 Å². The van der Waals surface area contributed by atoms with Gasteiger partial charge in [0, 0.05) is 11.5 Å². The molecule has 208 valence electrons. The Labute approximate surface area is 223 Å². The molecule has 0 unspecified atom stereocenters. The quantitative estimate of drug-likeness (QED) is 0.263. The van der Waals surface area contributed by atoms with Gasteiger partial charge in [-0.1, -0.05) is 24.3 Å². The monoisotopic (exact) mass is 546 g/mol. The summed E-state index contributed by atoms with van der Waals surface area (Å²) >= 11 is 0. The minimum Gasteiger partial charge on any atom is -0.489 e. The standard InChI is InChI=1S/C27H29F3N4O5/c1-26(17-33-16-24(34(35)36)31-25(33)39-26)18-37-22-6-4-21(5-7-22)15-32-12-10-20(11-13-32)14-19-2-8-23(9-3-19)38-27(28,29)30/h2-9,16,20H,10-15,17-18H2,1H3/t26-/m1/s1. The van der Waals surface area contributed by atoms with Crippen LogP contribution < -0.4 is 14.2 Å². The summed E-state index contributed by atoms with van der Waals surface area (Å²) in [6.07, 6.45) is -0.410. The van der Waals surface area contributed by atoms with E-state index in [9.17, 15) is 23.3 Å². The van der Waals surface area contributed by atoms with E-state index in [0.29, 0.717) is 18.2 Å². The maximum atomic E-state index is 12.3. The molecule has 1 fully saturated rings. The molecule has 0 aliphatic carbocycles. The van der Waals surface area contributed by atoms with Crippen molar-refractivity contribution in [1.29, 1.82) is 0 Å². The summed E-state index contributed by atoms with van der Waals surface area (Å²) in [5.41, 5.74) is 1.53. The first kappa shape index (κ1) is 26.8. The second-order valence-corrected chi connectivity index (χ2v) is 10.4. The Bertz CT molecular complexity index is 1260. The number of piperidine rings is 1. The van der Waals surface area contributed by atoms with Gasteiger partial charge in [-0.2, -0.15) is 0 Å². The molecule has 0 saturated carbocycles. The van der Waals surface area contributed by atoms with Crippen LogP contribution in [0.4, 0.5) is 19.0 Å². The summed E-state index contributed by atoms with van der Waals surface area (Å²) < 4.78 is 54.3. The van der Waals surface area contributed by atoms with E-state index >= 15 is 0 Å². The van der Waals surface area contributed by atoms with Gasteiger partial charge >= 0.3 is 18.2 Å². The largest absolute Gasteiger partial charge is 0.573 e. The zero-order valence-corrected chi connectivity index (χ0v) is 21.4. The molecule has 5 rings (SSSR count). The van der Waals surface area contributed by atoms with Gasteiger partial charge < -0.3 is 24.3 Å². The lowest BCUT2D eigenvalue weighted by Gasteiger charge is -2.32. The molecule has 1 saturated heterocycles. The Balaban J connectivity index is 1.04. The third-order valence-electron chi connectivity index (χ3n) is 7.02. The van der Waals surface area contributed by atoms with E-state index in [0.717, 1.165) is 44.5 Å². The van der Waals surface area contributed by atoms with Crippen molar-refractivity contribution in [2.45, 2.75) is 51.2 Å². The van der Waals surface area contributed by atoms with E-state index in [1.54, 1.807) is 16.7 Å². The molecule has 39 heavy (non-hydrogen) atoms. The number of rotatable bonds is 9. The van der Waals surface area contributed by atoms with Crippen LogP contribution in [0.25, 0.3) is 0 Å². The average molecular weight is 547 g/mol. The van der Waals surface area contributed by atoms with Gasteiger partial charge in [0.15, 0.2) is 5.60 Å². The summed E-state index contributed by atoms with van der Waals surface area (Å²) in [4.78, 5) is 16.6. The highest BCUT2D eigenvalue weighted by atomic mass is 19.4. The highest BCUT2D eigenvalue weighted by Gasteiger charge is 2.41. The third kappa shape index (κ3) is 6.99. The van der Waals surface area contributed by atoms with E-state index in [4.69, 9.17) is 9.47 Å². The SMILES string of the molecule is C[C@]1(COc2ccc(CN3CCC(Cc4ccc(OC(F)(F)F)cc4)CC3)cc2)Cn2cc([N+](=O)[O-])nc2O1. The van der Waals surface area contributed by atoms with Crippen molar-refractivity contribution in [1.82, 2.24) is 14.5 Å². The lowest BCUT2D eigenvalue weighted by molar-refractivity contribution is -0.389. The molecule has 3 heterocycles. The van der Waals surface area contributed by atoms with Crippen molar-refractivity contribution in [3.8, 4) is 17.5 Å². The Morgan fingerprint density at radius 1 is 1.08 bits per heavy atom. The Morgan fingerprint density at radius 3 is 2.33 bits per heavy atom. The minimum atomic E-state index is -4.68. The average Bonchev–Trinajstić information content (AvgIpc) is 3.41. The van der Waals surface area contributed by atoms with E-state index < -0.39 is 16.9 Å². The van der Waals surface area contributed by atoms with Crippen molar-refractivity contribution < 1.29 is 32.3 Å². The maximum Gasteiger partial charge on any atom is 0.573 e. The molecule has 2 aliphatic heterocycles. The normalized spacial score (nSPS) is 19.9. The number of likely N-dealkylation sites (tertiary alicyclic amines) is 1. The Hall–Kier alpha value is -3.80. The fourth-order valence-electron chi connectivity index (χ4n) is 5.05. The van der Waals surface area contributed by atoms with Crippen LogP contribution in [0, 0.1) is 16.0 Å². The van der Waals surface area contributed by atoms with Gasteiger partial charge in [-0.3, -0.25) is 9.47 Å². The smallest absolute Gasteiger partial charge is 0.489 e. The first-order valence-electron chi connectivity index (χ1n) is 12.7. The first-order chi connectivity index (χ1) is 18.5. The van der Waals surface area contributed by atoms with E-state index in [-0.39, 0.29) is 24.2 Å². The van der Waals surface area contributed by atoms with Gasteiger partial charge in [0.2, 0.25) is 0 Å². The van der Waals surface area contributed by atoms with Gasteiger partial charge in [0.25, 0.3) is 0 Å². The Morgan fingerprint density at radius 2 is 1.72 bits per heavy atom. The predicted molar refractivity (Wildman–Crippen MR) is 135 cm³/mol. The van der Waals surface area contributed by atoms with Crippen molar-refractivity contribution >= 4 is 5.82 Å². The molecule has 12 heteroatoms. The number of fused-ring (bicyclic) bond motifs is 1. The minimum absolute atomic E-state index is 0.195. The summed E-state index contributed by atoms with van der Waals surface area (Å²) in [5.74, 6) is 0.777. The van der Waals surface area contributed by atoms with Gasteiger partial charge in [0.1, 0.15) is 24.3 Å². The van der Waals surface area contributed by atoms with Gasteiger partial charge in [0.05, 0.1) is 6.54 Å². The van der Waals surface area contributed by atoms with Crippen molar-refractivity contribution in [2.75, 3.05) is 19.7 Å². The topological polar surface area (TPSA) is 91.9 Å². The number of hydrogen-bond acceptors (Lipinski definition) is 7. The van der Waals surface area contributed by atoms with Crippen LogP contribution in [0.3, 0.4) is 0 Å². The number of imidazole rings is 1. The second kappa shape index (κ2) is 10.8. The van der Waals surface area contributed by atoms with Crippen LogP contribution in [0.1, 0.15) is 30.9 Å². The summed E-state index contributed by atoms with van der Waals surface area (Å²) in [6, 6.07) is 14.3. The van der Waals surface area contributed by atoms with E-state index in [1.165, 1.54) is 23.9 Å². The molecule has 1 atom stereocenters. The van der Waals surface area contributed by atoms with E-state index in [2.05, 4.69) is 14.6 Å². The van der Waals surface area contributed by atoms with Crippen molar-refractivity contribution in [3.05, 3.63) is 76.0 Å². The van der Waals surface area contributed by atoms with E-state index in [1.807, 2.05) is 31.2 Å². The van der Waals surface area contributed by atoms with Crippen LogP contribution in [0.5, 0.6) is 17.5 Å². The number of aromatic nitrogens is 2. The maximum absolute atomic E-state index is 12.3. The molecular weight excluding hydrogens is 517 g/mol. The number of alkyl halides is 3. The molecule has 0 amide bonds. The number of nitrogens with zero attached hydrogens (tertiary/aromatic N) is 4. The molecule has 0 spiro atoms. The number of halogens is 3. The molecule has 0 radical (unpaired) electrons. The predicted octanol–water partition coefficient (Wildman–Crippen LogP) is 5.37. The molecule has 0 bridgehead atoms. The van der Waals surface area contributed by atoms with Crippen LogP contribution >= 0.6 is 0 Å². The highest BCUT2D eigenvalue weighted by molar-refractivity contribution is 5.29.